The molecular weight excluding hydrogens is 364 g/mol. The van der Waals surface area contributed by atoms with E-state index in [2.05, 4.69) is 18.3 Å². The third kappa shape index (κ3) is 3.21. The molecule has 1 amide bonds. The Balaban J connectivity index is 1.82. The summed E-state index contributed by atoms with van der Waals surface area (Å²) in [5.41, 5.74) is 2.76. The lowest BCUT2D eigenvalue weighted by atomic mass is 10.1. The summed E-state index contributed by atoms with van der Waals surface area (Å²) in [6.45, 7) is 2.06. The summed E-state index contributed by atoms with van der Waals surface area (Å²) in [7, 11) is 0. The van der Waals surface area contributed by atoms with Crippen molar-refractivity contribution in [1.82, 2.24) is 4.98 Å². The van der Waals surface area contributed by atoms with Crippen molar-refractivity contribution in [3.05, 3.63) is 82.2 Å². The van der Waals surface area contributed by atoms with Gasteiger partial charge in [-0.05, 0) is 43.3 Å². The summed E-state index contributed by atoms with van der Waals surface area (Å²) >= 11 is 7.84. The number of thiophene rings is 1. The molecule has 0 aliphatic carbocycles. The molecule has 0 aliphatic rings. The molecule has 0 unspecified atom stereocenters. The van der Waals surface area contributed by atoms with Gasteiger partial charge < -0.3 is 5.32 Å². The van der Waals surface area contributed by atoms with Gasteiger partial charge in [-0.25, -0.2) is 4.98 Å². The fourth-order valence-electron chi connectivity index (χ4n) is 2.81. The Morgan fingerprint density at radius 3 is 2.58 bits per heavy atom. The number of hydrogen-bond acceptors (Lipinski definition) is 3. The van der Waals surface area contributed by atoms with Crippen molar-refractivity contribution in [3.63, 3.8) is 0 Å². The van der Waals surface area contributed by atoms with Crippen LogP contribution in [0.5, 0.6) is 0 Å². The number of carbonyl (C=O) groups excluding carboxylic acids is 1. The number of nitrogens with one attached hydrogen (secondary N) is 1. The quantitative estimate of drug-likeness (QED) is 0.462. The highest BCUT2D eigenvalue weighted by atomic mass is 35.5. The molecule has 3 nitrogen and oxygen atoms in total. The Morgan fingerprint density at radius 1 is 1.04 bits per heavy atom. The van der Waals surface area contributed by atoms with Crippen molar-refractivity contribution >= 4 is 45.4 Å². The van der Waals surface area contributed by atoms with Gasteiger partial charge in [-0.2, -0.15) is 0 Å². The minimum Gasteiger partial charge on any atom is -0.321 e. The monoisotopic (exact) mass is 378 g/mol. The van der Waals surface area contributed by atoms with Crippen LogP contribution in [0.4, 0.5) is 5.69 Å². The number of hydrogen-bond donors (Lipinski definition) is 1. The number of carbonyl (C=O) groups is 1. The maximum absolute atomic E-state index is 13.0. The summed E-state index contributed by atoms with van der Waals surface area (Å²) < 4.78 is 0. The first-order valence-corrected chi connectivity index (χ1v) is 9.34. The Morgan fingerprint density at radius 2 is 1.81 bits per heavy atom. The number of rotatable bonds is 3. The third-order valence-corrected chi connectivity index (χ3v) is 5.43. The van der Waals surface area contributed by atoms with Crippen molar-refractivity contribution in [3.8, 4) is 10.6 Å². The van der Waals surface area contributed by atoms with Gasteiger partial charge >= 0.3 is 0 Å². The van der Waals surface area contributed by atoms with Crippen molar-refractivity contribution < 1.29 is 4.79 Å². The summed E-state index contributed by atoms with van der Waals surface area (Å²) in [4.78, 5) is 20.0. The van der Waals surface area contributed by atoms with Crippen LogP contribution in [0.25, 0.3) is 21.5 Å². The van der Waals surface area contributed by atoms with Crippen LogP contribution in [-0.2, 0) is 0 Å². The SMILES string of the molecule is Cc1ccc(-c2cc(C(=O)Nc3ccccc3Cl)c3ccccc3n2)s1. The van der Waals surface area contributed by atoms with Gasteiger partial charge in [-0.1, -0.05) is 41.9 Å². The van der Waals surface area contributed by atoms with E-state index >= 15 is 0 Å². The number of pyridine rings is 1. The Kier molecular flexibility index (Phi) is 4.45. The number of amides is 1. The summed E-state index contributed by atoms with van der Waals surface area (Å²) in [5, 5.41) is 4.23. The third-order valence-electron chi connectivity index (χ3n) is 4.08. The molecule has 5 heteroatoms. The van der Waals surface area contributed by atoms with E-state index in [1.165, 1.54) is 4.88 Å². The molecule has 2 heterocycles. The second-order valence-corrected chi connectivity index (χ2v) is 7.61. The molecule has 0 saturated carbocycles. The first kappa shape index (κ1) is 16.8. The van der Waals surface area contributed by atoms with Crippen molar-refractivity contribution in [2.24, 2.45) is 0 Å². The van der Waals surface area contributed by atoms with Crippen LogP contribution >= 0.6 is 22.9 Å². The Bertz CT molecular complexity index is 1120. The lowest BCUT2D eigenvalue weighted by molar-refractivity contribution is 0.102. The van der Waals surface area contributed by atoms with Gasteiger partial charge in [-0.15, -0.1) is 11.3 Å². The van der Waals surface area contributed by atoms with Crippen LogP contribution in [-0.4, -0.2) is 10.9 Å². The van der Waals surface area contributed by atoms with E-state index in [9.17, 15) is 4.79 Å². The van der Waals surface area contributed by atoms with Gasteiger partial charge in [0.25, 0.3) is 5.91 Å². The number of anilines is 1. The molecule has 0 saturated heterocycles. The predicted molar refractivity (Wildman–Crippen MR) is 109 cm³/mol. The van der Waals surface area contributed by atoms with Gasteiger partial charge in [0.15, 0.2) is 0 Å². The molecule has 4 rings (SSSR count). The van der Waals surface area contributed by atoms with E-state index in [0.717, 1.165) is 21.5 Å². The van der Waals surface area contributed by atoms with E-state index in [1.54, 1.807) is 23.5 Å². The van der Waals surface area contributed by atoms with Crippen molar-refractivity contribution in [2.45, 2.75) is 6.92 Å². The van der Waals surface area contributed by atoms with Crippen molar-refractivity contribution in [1.29, 1.82) is 0 Å². The average Bonchev–Trinajstić information content (AvgIpc) is 3.09. The largest absolute Gasteiger partial charge is 0.321 e. The molecule has 0 atom stereocenters. The number of nitrogens with zero attached hydrogens (tertiary/aromatic N) is 1. The van der Waals surface area contributed by atoms with Gasteiger partial charge in [0.05, 0.1) is 32.4 Å². The number of aryl methyl sites for hydroxylation is 1. The standard InChI is InChI=1S/C21H15ClN2OS/c1-13-10-11-20(26-13)19-12-15(14-6-2-4-8-17(14)23-19)21(25)24-18-9-5-3-7-16(18)22/h2-12H,1H3,(H,24,25). The minimum absolute atomic E-state index is 0.203. The predicted octanol–water partition coefficient (Wildman–Crippen LogP) is 6.18. The smallest absolute Gasteiger partial charge is 0.256 e. The maximum atomic E-state index is 13.0. The van der Waals surface area contributed by atoms with Gasteiger partial charge in [0.2, 0.25) is 0 Å². The number of benzene rings is 2. The van der Waals surface area contributed by atoms with Crippen LogP contribution in [0.15, 0.2) is 66.7 Å². The summed E-state index contributed by atoms with van der Waals surface area (Å²) in [6.07, 6.45) is 0. The zero-order valence-electron chi connectivity index (χ0n) is 14.0. The molecule has 2 aromatic heterocycles. The lowest BCUT2D eigenvalue weighted by Crippen LogP contribution is -2.13. The normalized spacial score (nSPS) is 10.8. The lowest BCUT2D eigenvalue weighted by Gasteiger charge is -2.11. The molecule has 4 aromatic rings. The van der Waals surface area contributed by atoms with E-state index < -0.39 is 0 Å². The number of fused-ring (bicyclic) bond motifs is 1. The molecule has 0 bridgehead atoms. The molecule has 0 aliphatic heterocycles. The van der Waals surface area contributed by atoms with E-state index in [1.807, 2.05) is 48.5 Å². The van der Waals surface area contributed by atoms with Crippen molar-refractivity contribution in [2.75, 3.05) is 5.32 Å². The van der Waals surface area contributed by atoms with Crippen LogP contribution in [0.3, 0.4) is 0 Å². The Labute approximate surface area is 160 Å². The molecule has 26 heavy (non-hydrogen) atoms. The summed E-state index contributed by atoms with van der Waals surface area (Å²) in [6, 6.07) is 20.8. The van der Waals surface area contributed by atoms with Crippen LogP contribution in [0.2, 0.25) is 5.02 Å². The maximum Gasteiger partial charge on any atom is 0.256 e. The summed E-state index contributed by atoms with van der Waals surface area (Å²) in [5.74, 6) is -0.203. The highest BCUT2D eigenvalue weighted by Gasteiger charge is 2.15. The average molecular weight is 379 g/mol. The molecule has 2 aromatic carbocycles. The van der Waals surface area contributed by atoms with Crippen LogP contribution < -0.4 is 5.32 Å². The topological polar surface area (TPSA) is 42.0 Å². The fourth-order valence-corrected chi connectivity index (χ4v) is 3.83. The number of para-hydroxylation sites is 2. The zero-order valence-corrected chi connectivity index (χ0v) is 15.6. The number of halogens is 1. The number of aromatic nitrogens is 1. The molecule has 0 spiro atoms. The molecule has 128 valence electrons. The first-order valence-electron chi connectivity index (χ1n) is 8.14. The van der Waals surface area contributed by atoms with Gasteiger partial charge in [-0.3, -0.25) is 4.79 Å². The molecule has 0 radical (unpaired) electrons. The zero-order chi connectivity index (χ0) is 18.1. The van der Waals surface area contributed by atoms with E-state index in [-0.39, 0.29) is 5.91 Å². The highest BCUT2D eigenvalue weighted by Crippen LogP contribution is 2.30. The first-order chi connectivity index (χ1) is 12.6. The van der Waals surface area contributed by atoms with Gasteiger partial charge in [0, 0.05) is 10.3 Å². The van der Waals surface area contributed by atoms with Crippen LogP contribution in [0, 0.1) is 6.92 Å². The minimum atomic E-state index is -0.203. The van der Waals surface area contributed by atoms with E-state index in [0.29, 0.717) is 16.3 Å². The Hall–Kier alpha value is -2.69. The second kappa shape index (κ2) is 6.90. The fraction of sp³-hybridized carbons (Fsp3) is 0.0476. The highest BCUT2D eigenvalue weighted by molar-refractivity contribution is 7.15. The molecule has 0 fully saturated rings. The second-order valence-electron chi connectivity index (χ2n) is 5.92. The van der Waals surface area contributed by atoms with Crippen LogP contribution in [0.1, 0.15) is 15.2 Å². The van der Waals surface area contributed by atoms with Gasteiger partial charge in [0.1, 0.15) is 0 Å². The van der Waals surface area contributed by atoms with E-state index in [4.69, 9.17) is 16.6 Å². The molecule has 1 N–H and O–H groups in total. The molecular formula is C21H15ClN2OS.